The second-order valence-corrected chi connectivity index (χ2v) is 5.57. The van der Waals surface area contributed by atoms with E-state index < -0.39 is 0 Å². The minimum absolute atomic E-state index is 0.338. The number of amides is 1. The molecule has 1 amide bonds. The number of aromatic nitrogens is 2. The Morgan fingerprint density at radius 1 is 1.08 bits per heavy atom. The summed E-state index contributed by atoms with van der Waals surface area (Å²) in [5, 5.41) is 12.6. The smallest absolute Gasteiger partial charge is 0.243 e. The average molecular weight is 348 g/mol. The summed E-state index contributed by atoms with van der Waals surface area (Å²) < 4.78 is 10.6. The van der Waals surface area contributed by atoms with Crippen molar-refractivity contribution in [1.29, 1.82) is 0 Å². The third-order valence-electron chi connectivity index (χ3n) is 3.89. The van der Waals surface area contributed by atoms with Gasteiger partial charge < -0.3 is 14.8 Å². The first-order valence-corrected chi connectivity index (χ1v) is 8.23. The van der Waals surface area contributed by atoms with Gasteiger partial charge in [-0.15, -0.1) is 0 Å². The van der Waals surface area contributed by atoms with Crippen LogP contribution in [0.1, 0.15) is 32.1 Å². The Morgan fingerprint density at radius 3 is 2.52 bits per heavy atom. The molecular formula is C17H24N4O4. The lowest BCUT2D eigenvalue weighted by atomic mass is 10.1. The van der Waals surface area contributed by atoms with E-state index in [4.69, 9.17) is 14.7 Å². The van der Waals surface area contributed by atoms with Crippen molar-refractivity contribution in [3.05, 3.63) is 18.5 Å². The van der Waals surface area contributed by atoms with Crippen molar-refractivity contribution in [2.24, 2.45) is 0 Å². The topological polar surface area (TPSA) is 106 Å². The number of anilines is 1. The highest BCUT2D eigenvalue weighted by atomic mass is 16.5. The van der Waals surface area contributed by atoms with Gasteiger partial charge in [0.2, 0.25) is 5.91 Å². The molecule has 2 aromatic rings. The SMILES string of the molecule is COc1cc2ncnc(NCCCCCCC(=O)NO)c2cc1OC. The monoisotopic (exact) mass is 348 g/mol. The van der Waals surface area contributed by atoms with Gasteiger partial charge in [0.1, 0.15) is 12.1 Å². The predicted octanol–water partition coefficient (Wildman–Crippen LogP) is 2.51. The minimum Gasteiger partial charge on any atom is -0.493 e. The summed E-state index contributed by atoms with van der Waals surface area (Å²) >= 11 is 0. The average Bonchev–Trinajstić information content (AvgIpc) is 2.65. The third kappa shape index (κ3) is 5.18. The Balaban J connectivity index is 1.89. The van der Waals surface area contributed by atoms with E-state index in [2.05, 4.69) is 15.3 Å². The molecule has 0 radical (unpaired) electrons. The lowest BCUT2D eigenvalue weighted by Crippen LogP contribution is -2.17. The fourth-order valence-electron chi connectivity index (χ4n) is 2.55. The molecule has 0 aliphatic rings. The fourth-order valence-corrected chi connectivity index (χ4v) is 2.55. The first-order chi connectivity index (χ1) is 12.2. The van der Waals surface area contributed by atoms with Crippen LogP contribution < -0.4 is 20.3 Å². The van der Waals surface area contributed by atoms with E-state index in [1.54, 1.807) is 19.7 Å². The number of nitrogens with one attached hydrogen (secondary N) is 2. The Morgan fingerprint density at radius 2 is 1.80 bits per heavy atom. The van der Waals surface area contributed by atoms with Gasteiger partial charge in [0.25, 0.3) is 0 Å². The van der Waals surface area contributed by atoms with E-state index >= 15 is 0 Å². The van der Waals surface area contributed by atoms with Crippen molar-refractivity contribution in [2.45, 2.75) is 32.1 Å². The van der Waals surface area contributed by atoms with Gasteiger partial charge in [0.05, 0.1) is 19.7 Å². The molecule has 1 aromatic carbocycles. The highest BCUT2D eigenvalue weighted by Crippen LogP contribution is 2.33. The van der Waals surface area contributed by atoms with E-state index in [1.807, 2.05) is 12.1 Å². The molecule has 8 nitrogen and oxygen atoms in total. The molecule has 0 saturated heterocycles. The number of fused-ring (bicyclic) bond motifs is 1. The number of hydrogen-bond acceptors (Lipinski definition) is 7. The number of hydrogen-bond donors (Lipinski definition) is 3. The van der Waals surface area contributed by atoms with Crippen LogP contribution in [0.3, 0.4) is 0 Å². The van der Waals surface area contributed by atoms with Gasteiger partial charge in [-0.25, -0.2) is 15.4 Å². The molecule has 8 heteroatoms. The van der Waals surface area contributed by atoms with Gasteiger partial charge in [-0.3, -0.25) is 10.0 Å². The molecular weight excluding hydrogens is 324 g/mol. The minimum atomic E-state index is -0.338. The maximum Gasteiger partial charge on any atom is 0.243 e. The first kappa shape index (κ1) is 18.7. The summed E-state index contributed by atoms with van der Waals surface area (Å²) in [6.07, 6.45) is 5.52. The van der Waals surface area contributed by atoms with Crippen molar-refractivity contribution >= 4 is 22.6 Å². The second kappa shape index (κ2) is 9.63. The molecule has 1 heterocycles. The molecule has 0 aliphatic carbocycles. The second-order valence-electron chi connectivity index (χ2n) is 5.57. The highest BCUT2D eigenvalue weighted by Gasteiger charge is 2.10. The Hall–Kier alpha value is -2.61. The number of benzene rings is 1. The summed E-state index contributed by atoms with van der Waals surface area (Å²) in [6.45, 7) is 0.770. The summed E-state index contributed by atoms with van der Waals surface area (Å²) in [5.74, 6) is 1.68. The third-order valence-corrected chi connectivity index (χ3v) is 3.89. The van der Waals surface area contributed by atoms with Crippen molar-refractivity contribution in [2.75, 3.05) is 26.1 Å². The highest BCUT2D eigenvalue weighted by molar-refractivity contribution is 5.91. The van der Waals surface area contributed by atoms with Crippen LogP contribution >= 0.6 is 0 Å². The quantitative estimate of drug-likeness (QED) is 0.344. The number of rotatable bonds is 10. The number of unbranched alkanes of at least 4 members (excludes halogenated alkanes) is 3. The van der Waals surface area contributed by atoms with E-state index in [1.165, 1.54) is 6.33 Å². The number of hydroxylamine groups is 1. The molecule has 0 spiro atoms. The van der Waals surface area contributed by atoms with E-state index in [0.717, 1.165) is 48.9 Å². The van der Waals surface area contributed by atoms with Crippen LogP contribution in [0.15, 0.2) is 18.5 Å². The van der Waals surface area contributed by atoms with Crippen LogP contribution in [-0.2, 0) is 4.79 Å². The number of nitrogens with zero attached hydrogens (tertiary/aromatic N) is 2. The molecule has 0 unspecified atom stereocenters. The number of ether oxygens (including phenoxy) is 2. The van der Waals surface area contributed by atoms with Gasteiger partial charge in [0.15, 0.2) is 11.5 Å². The van der Waals surface area contributed by atoms with Crippen LogP contribution in [0.5, 0.6) is 11.5 Å². The van der Waals surface area contributed by atoms with Crippen LogP contribution in [0.2, 0.25) is 0 Å². The van der Waals surface area contributed by atoms with Gasteiger partial charge in [0, 0.05) is 24.4 Å². The van der Waals surface area contributed by atoms with Gasteiger partial charge in [-0.1, -0.05) is 12.8 Å². The van der Waals surface area contributed by atoms with Crippen LogP contribution in [0, 0.1) is 0 Å². The van der Waals surface area contributed by atoms with Crippen LogP contribution in [0.25, 0.3) is 10.9 Å². The largest absolute Gasteiger partial charge is 0.493 e. The summed E-state index contributed by atoms with van der Waals surface area (Å²) in [6, 6.07) is 3.69. The molecule has 0 saturated carbocycles. The molecule has 3 N–H and O–H groups in total. The van der Waals surface area contributed by atoms with Gasteiger partial charge >= 0.3 is 0 Å². The standard InChI is InChI=1S/C17H24N4O4/c1-24-14-9-12-13(10-15(14)25-2)19-11-20-17(12)18-8-6-4-3-5-7-16(22)21-23/h9-11,23H,3-8H2,1-2H3,(H,21,22)(H,18,19,20). The summed E-state index contributed by atoms with van der Waals surface area (Å²) in [5.41, 5.74) is 2.42. The number of carbonyl (C=O) groups is 1. The van der Waals surface area contributed by atoms with Crippen molar-refractivity contribution in [3.8, 4) is 11.5 Å². The van der Waals surface area contributed by atoms with Gasteiger partial charge in [-0.2, -0.15) is 0 Å². The predicted molar refractivity (Wildman–Crippen MR) is 94.1 cm³/mol. The number of carbonyl (C=O) groups excluding carboxylic acids is 1. The molecule has 0 atom stereocenters. The number of methoxy groups -OCH3 is 2. The molecule has 1 aromatic heterocycles. The zero-order chi connectivity index (χ0) is 18.1. The molecule has 0 aliphatic heterocycles. The molecule has 25 heavy (non-hydrogen) atoms. The normalized spacial score (nSPS) is 10.5. The van der Waals surface area contributed by atoms with E-state index in [-0.39, 0.29) is 5.91 Å². The summed E-state index contributed by atoms with van der Waals surface area (Å²) in [7, 11) is 3.19. The zero-order valence-corrected chi connectivity index (χ0v) is 14.5. The molecule has 136 valence electrons. The van der Waals surface area contributed by atoms with Crippen LogP contribution in [0.4, 0.5) is 5.82 Å². The first-order valence-electron chi connectivity index (χ1n) is 8.23. The lowest BCUT2D eigenvalue weighted by molar-refractivity contribution is -0.129. The fraction of sp³-hybridized carbons (Fsp3) is 0.471. The van der Waals surface area contributed by atoms with Crippen LogP contribution in [-0.4, -0.2) is 41.8 Å². The van der Waals surface area contributed by atoms with E-state index in [0.29, 0.717) is 17.9 Å². The zero-order valence-electron chi connectivity index (χ0n) is 14.5. The molecule has 2 rings (SSSR count). The van der Waals surface area contributed by atoms with Crippen molar-refractivity contribution in [3.63, 3.8) is 0 Å². The Kier molecular flexibility index (Phi) is 7.21. The maximum atomic E-state index is 10.9. The lowest BCUT2D eigenvalue weighted by Gasteiger charge is -2.12. The Labute approximate surface area is 146 Å². The maximum absolute atomic E-state index is 10.9. The summed E-state index contributed by atoms with van der Waals surface area (Å²) in [4.78, 5) is 19.5. The van der Waals surface area contributed by atoms with E-state index in [9.17, 15) is 4.79 Å². The van der Waals surface area contributed by atoms with Crippen molar-refractivity contribution in [1.82, 2.24) is 15.4 Å². The molecule has 0 fully saturated rings. The van der Waals surface area contributed by atoms with Gasteiger partial charge in [-0.05, 0) is 18.9 Å². The van der Waals surface area contributed by atoms with Crippen molar-refractivity contribution < 1.29 is 19.5 Å². The Bertz CT molecular complexity index is 708. The molecule has 0 bridgehead atoms.